The fraction of sp³-hybridized carbons (Fsp3) is 0.778. The molecule has 0 saturated carbocycles. The highest BCUT2D eigenvalue weighted by Gasteiger charge is 2.31. The van der Waals surface area contributed by atoms with Gasteiger partial charge < -0.3 is 11.1 Å². The molecule has 1 amide bonds. The van der Waals surface area contributed by atoms with Gasteiger partial charge in [-0.05, 0) is 20.8 Å². The number of sulfone groups is 1. The zero-order valence-corrected chi connectivity index (χ0v) is 11.5. The molecule has 94 valence electrons. The van der Waals surface area contributed by atoms with Gasteiger partial charge in [0, 0.05) is 12.8 Å². The third-order valence-electron chi connectivity index (χ3n) is 2.51. The first-order valence-corrected chi connectivity index (χ1v) is 7.05. The van der Waals surface area contributed by atoms with Gasteiger partial charge in [0.25, 0.3) is 0 Å². The molecule has 0 spiro atoms. The summed E-state index contributed by atoms with van der Waals surface area (Å²) in [5.41, 5.74) is 5.31. The Morgan fingerprint density at radius 3 is 2.25 bits per heavy atom. The lowest BCUT2D eigenvalue weighted by molar-refractivity contribution is -0.122. The van der Waals surface area contributed by atoms with Crippen LogP contribution in [0.2, 0.25) is 0 Å². The van der Waals surface area contributed by atoms with Crippen molar-refractivity contribution < 1.29 is 13.2 Å². The zero-order valence-electron chi connectivity index (χ0n) is 9.90. The lowest BCUT2D eigenvalue weighted by Crippen LogP contribution is -2.46. The van der Waals surface area contributed by atoms with Gasteiger partial charge in [-0.3, -0.25) is 4.79 Å². The van der Waals surface area contributed by atoms with E-state index < -0.39 is 20.5 Å². The summed E-state index contributed by atoms with van der Waals surface area (Å²) >= 11 is 4.67. The van der Waals surface area contributed by atoms with Crippen molar-refractivity contribution in [1.82, 2.24) is 5.32 Å². The predicted octanol–water partition coefficient (Wildman–Crippen LogP) is -0.152. The number of rotatable bonds is 5. The van der Waals surface area contributed by atoms with Gasteiger partial charge in [0.15, 0.2) is 9.84 Å². The maximum atomic E-state index is 11.5. The molecule has 0 aromatic carbocycles. The summed E-state index contributed by atoms with van der Waals surface area (Å²) in [5.74, 6) is -0.949. The van der Waals surface area contributed by atoms with Crippen molar-refractivity contribution in [1.29, 1.82) is 0 Å². The van der Waals surface area contributed by atoms with E-state index in [1.165, 1.54) is 0 Å². The lowest BCUT2D eigenvalue weighted by Gasteiger charge is -2.23. The highest BCUT2D eigenvalue weighted by atomic mass is 32.2. The lowest BCUT2D eigenvalue weighted by atomic mass is 10.1. The van der Waals surface area contributed by atoms with Crippen molar-refractivity contribution in [3.63, 3.8) is 0 Å². The summed E-state index contributed by atoms with van der Waals surface area (Å²) in [6.45, 7) is 4.71. The van der Waals surface area contributed by atoms with E-state index in [9.17, 15) is 13.2 Å². The molecule has 0 aliphatic heterocycles. The third kappa shape index (κ3) is 4.05. The number of hydrogen-bond acceptors (Lipinski definition) is 4. The zero-order chi connectivity index (χ0) is 13.1. The maximum Gasteiger partial charge on any atom is 0.229 e. The Hall–Kier alpha value is -0.690. The van der Waals surface area contributed by atoms with Gasteiger partial charge in [-0.25, -0.2) is 8.42 Å². The van der Waals surface area contributed by atoms with Gasteiger partial charge in [-0.2, -0.15) is 0 Å². The number of carbonyl (C=O) groups is 1. The summed E-state index contributed by atoms with van der Waals surface area (Å²) in [5, 5.41) is 2.52. The van der Waals surface area contributed by atoms with Crippen molar-refractivity contribution in [3.8, 4) is 0 Å². The van der Waals surface area contributed by atoms with Crippen LogP contribution >= 0.6 is 12.2 Å². The van der Waals surface area contributed by atoms with Crippen molar-refractivity contribution >= 4 is 33.0 Å². The Morgan fingerprint density at radius 1 is 1.50 bits per heavy atom. The molecule has 0 aromatic rings. The number of thiocarbonyl (C=S) groups is 1. The van der Waals surface area contributed by atoms with Crippen LogP contribution in [-0.4, -0.2) is 36.9 Å². The number of carbonyl (C=O) groups excluding carboxylic acids is 1. The van der Waals surface area contributed by atoms with Crippen LogP contribution in [0.3, 0.4) is 0 Å². The second-order valence-corrected chi connectivity index (χ2v) is 7.49. The van der Waals surface area contributed by atoms with E-state index in [4.69, 9.17) is 5.73 Å². The predicted molar refractivity (Wildman–Crippen MR) is 67.9 cm³/mol. The minimum atomic E-state index is -3.22. The van der Waals surface area contributed by atoms with Gasteiger partial charge >= 0.3 is 0 Å². The molecule has 1 unspecified atom stereocenters. The third-order valence-corrected chi connectivity index (χ3v) is 5.02. The fourth-order valence-corrected chi connectivity index (χ4v) is 1.15. The molecule has 0 saturated heterocycles. The quantitative estimate of drug-likeness (QED) is 0.675. The molecule has 5 nitrogen and oxygen atoms in total. The second kappa shape index (κ2) is 5.09. The SMILES string of the molecule is CC(C(=O)NCC(C)(C)S(C)(=O)=O)C(N)=S. The van der Waals surface area contributed by atoms with Crippen LogP contribution in [0.4, 0.5) is 0 Å². The maximum absolute atomic E-state index is 11.5. The molecule has 0 aromatic heterocycles. The number of hydrogen-bond donors (Lipinski definition) is 2. The standard InChI is InChI=1S/C9H18N2O3S2/c1-6(7(10)15)8(12)11-5-9(2,3)16(4,13)14/h6H,5H2,1-4H3,(H2,10,15)(H,11,12). The van der Waals surface area contributed by atoms with Crippen molar-refractivity contribution in [3.05, 3.63) is 0 Å². The van der Waals surface area contributed by atoms with Gasteiger partial charge in [0.05, 0.1) is 15.7 Å². The topological polar surface area (TPSA) is 89.3 Å². The van der Waals surface area contributed by atoms with E-state index in [-0.39, 0.29) is 17.4 Å². The van der Waals surface area contributed by atoms with Crippen molar-refractivity contribution in [2.75, 3.05) is 12.8 Å². The van der Waals surface area contributed by atoms with Crippen LogP contribution in [0.15, 0.2) is 0 Å². The van der Waals surface area contributed by atoms with Crippen LogP contribution in [0, 0.1) is 5.92 Å². The van der Waals surface area contributed by atoms with Crippen LogP contribution < -0.4 is 11.1 Å². The van der Waals surface area contributed by atoms with E-state index in [0.29, 0.717) is 0 Å². The van der Waals surface area contributed by atoms with Gasteiger partial charge in [-0.1, -0.05) is 12.2 Å². The summed E-state index contributed by atoms with van der Waals surface area (Å²) in [6, 6.07) is 0. The van der Waals surface area contributed by atoms with Crippen molar-refractivity contribution in [2.24, 2.45) is 11.7 Å². The van der Waals surface area contributed by atoms with Crippen LogP contribution in [0.1, 0.15) is 20.8 Å². The molecular formula is C9H18N2O3S2. The summed E-state index contributed by atoms with van der Waals surface area (Å²) in [4.78, 5) is 11.6. The van der Waals surface area contributed by atoms with Gasteiger partial charge in [-0.15, -0.1) is 0 Å². The number of nitrogens with one attached hydrogen (secondary N) is 1. The molecule has 3 N–H and O–H groups in total. The number of amides is 1. The van der Waals surface area contributed by atoms with E-state index in [1.807, 2.05) is 0 Å². The molecule has 0 heterocycles. The number of nitrogens with two attached hydrogens (primary N) is 1. The van der Waals surface area contributed by atoms with Gasteiger partial charge in [0.1, 0.15) is 0 Å². The fourth-order valence-electron chi connectivity index (χ4n) is 0.713. The van der Waals surface area contributed by atoms with Crippen LogP contribution in [-0.2, 0) is 14.6 Å². The molecular weight excluding hydrogens is 248 g/mol. The average Bonchev–Trinajstić information content (AvgIpc) is 2.11. The van der Waals surface area contributed by atoms with E-state index >= 15 is 0 Å². The highest BCUT2D eigenvalue weighted by Crippen LogP contribution is 2.13. The molecule has 16 heavy (non-hydrogen) atoms. The largest absolute Gasteiger partial charge is 0.393 e. The highest BCUT2D eigenvalue weighted by molar-refractivity contribution is 7.92. The monoisotopic (exact) mass is 266 g/mol. The molecule has 0 aliphatic rings. The first-order valence-electron chi connectivity index (χ1n) is 4.75. The molecule has 0 radical (unpaired) electrons. The molecule has 0 bridgehead atoms. The minimum Gasteiger partial charge on any atom is -0.393 e. The summed E-state index contributed by atoms with van der Waals surface area (Å²) < 4.78 is 21.7. The normalized spacial score (nSPS) is 14.2. The molecule has 0 rings (SSSR count). The first-order chi connectivity index (χ1) is 6.99. The Labute approximate surface area is 102 Å². The average molecular weight is 266 g/mol. The minimum absolute atomic E-state index is 0.0393. The Balaban J connectivity index is 4.49. The molecule has 7 heteroatoms. The first kappa shape index (κ1) is 15.3. The Kier molecular flexibility index (Phi) is 4.87. The second-order valence-electron chi connectivity index (χ2n) is 4.37. The molecule has 1 atom stereocenters. The Bertz CT molecular complexity index is 388. The molecule has 0 fully saturated rings. The van der Waals surface area contributed by atoms with Gasteiger partial charge in [0.2, 0.25) is 5.91 Å². The smallest absolute Gasteiger partial charge is 0.229 e. The summed E-state index contributed by atoms with van der Waals surface area (Å²) in [6.07, 6.45) is 1.14. The van der Waals surface area contributed by atoms with Crippen LogP contribution in [0.5, 0.6) is 0 Å². The van der Waals surface area contributed by atoms with Crippen molar-refractivity contribution in [2.45, 2.75) is 25.5 Å². The molecule has 0 aliphatic carbocycles. The van der Waals surface area contributed by atoms with E-state index in [2.05, 4.69) is 17.5 Å². The van der Waals surface area contributed by atoms with Crippen LogP contribution in [0.25, 0.3) is 0 Å². The Morgan fingerprint density at radius 2 is 1.94 bits per heavy atom. The summed E-state index contributed by atoms with van der Waals surface area (Å²) in [7, 11) is -3.22. The van der Waals surface area contributed by atoms with E-state index in [1.54, 1.807) is 20.8 Å². The van der Waals surface area contributed by atoms with E-state index in [0.717, 1.165) is 6.26 Å².